The molecule has 0 saturated heterocycles. The van der Waals surface area contributed by atoms with Crippen LogP contribution in [0.15, 0.2) is 48.5 Å². The maximum Gasteiger partial charge on any atom is 0.407 e. The number of carboxylic acids is 1. The van der Waals surface area contributed by atoms with Crippen molar-refractivity contribution in [3.63, 3.8) is 0 Å². The summed E-state index contributed by atoms with van der Waals surface area (Å²) in [6, 6.07) is 15.9. The first-order valence-electron chi connectivity index (χ1n) is 12.1. The Labute approximate surface area is 207 Å². The molecule has 2 amide bonds. The molecule has 0 saturated carbocycles. The van der Waals surface area contributed by atoms with Gasteiger partial charge < -0.3 is 20.5 Å². The number of alkyl carbamates (subject to hydrolysis) is 1. The average Bonchev–Trinajstić information content (AvgIpc) is 3.08. The number of hydrogen-bond acceptors (Lipinski definition) is 4. The van der Waals surface area contributed by atoms with Crippen LogP contribution in [-0.2, 0) is 14.3 Å². The average molecular weight is 481 g/mol. The number of carbonyl (C=O) groups is 3. The molecule has 0 bridgehead atoms. The Morgan fingerprint density at radius 1 is 0.971 bits per heavy atom. The summed E-state index contributed by atoms with van der Waals surface area (Å²) >= 11 is 0. The largest absolute Gasteiger partial charge is 0.481 e. The molecule has 7 heteroatoms. The predicted octanol–water partition coefficient (Wildman–Crippen LogP) is 4.95. The Morgan fingerprint density at radius 3 is 2.09 bits per heavy atom. The standard InChI is InChI=1S/C28H36N2O5/c1-18(13-26(32)33)16-29-25(31)14-19(15-28(2,3)4)30-27(34)35-17-24-22-11-7-5-9-20(22)21-10-6-8-12-23(21)24/h5-12,18-19,24H,13-17H2,1-4H3,(H,29,31)(H,30,34)(H,32,33). The van der Waals surface area contributed by atoms with E-state index >= 15 is 0 Å². The zero-order valence-corrected chi connectivity index (χ0v) is 21.0. The number of aliphatic carboxylic acids is 1. The Morgan fingerprint density at radius 2 is 1.54 bits per heavy atom. The first-order valence-corrected chi connectivity index (χ1v) is 12.1. The van der Waals surface area contributed by atoms with Crippen molar-refractivity contribution in [2.24, 2.45) is 11.3 Å². The van der Waals surface area contributed by atoms with Crippen LogP contribution in [0.5, 0.6) is 0 Å². The van der Waals surface area contributed by atoms with E-state index in [-0.39, 0.29) is 49.2 Å². The van der Waals surface area contributed by atoms with Gasteiger partial charge in [-0.2, -0.15) is 0 Å². The lowest BCUT2D eigenvalue weighted by atomic mass is 9.87. The SMILES string of the molecule is CC(CNC(=O)CC(CC(C)(C)C)NC(=O)OCC1c2ccccc2-c2ccccc21)CC(=O)O. The molecule has 2 unspecified atom stereocenters. The van der Waals surface area contributed by atoms with E-state index in [0.29, 0.717) is 6.42 Å². The summed E-state index contributed by atoms with van der Waals surface area (Å²) in [6.07, 6.45) is 0.133. The van der Waals surface area contributed by atoms with Crippen molar-refractivity contribution < 1.29 is 24.2 Å². The maximum absolute atomic E-state index is 12.8. The minimum Gasteiger partial charge on any atom is -0.481 e. The molecule has 2 aromatic rings. The highest BCUT2D eigenvalue weighted by molar-refractivity contribution is 5.79. The number of benzene rings is 2. The molecule has 0 spiro atoms. The Kier molecular flexibility index (Phi) is 8.54. The Bertz CT molecular complexity index is 1010. The summed E-state index contributed by atoms with van der Waals surface area (Å²) in [4.78, 5) is 36.1. The fourth-order valence-electron chi connectivity index (χ4n) is 4.67. The lowest BCUT2D eigenvalue weighted by Crippen LogP contribution is -2.42. The molecule has 0 aliphatic heterocycles. The van der Waals surface area contributed by atoms with Crippen molar-refractivity contribution in [2.75, 3.05) is 13.2 Å². The lowest BCUT2D eigenvalue weighted by molar-refractivity contribution is -0.138. The van der Waals surface area contributed by atoms with Crippen LogP contribution in [0, 0.1) is 11.3 Å². The highest BCUT2D eigenvalue weighted by Gasteiger charge is 2.30. The topological polar surface area (TPSA) is 105 Å². The first kappa shape index (κ1) is 26.3. The number of nitrogens with one attached hydrogen (secondary N) is 2. The van der Waals surface area contributed by atoms with Crippen LogP contribution in [-0.4, -0.2) is 42.3 Å². The van der Waals surface area contributed by atoms with Gasteiger partial charge in [-0.3, -0.25) is 9.59 Å². The number of ether oxygens (including phenoxy) is 1. The molecular weight excluding hydrogens is 444 g/mol. The highest BCUT2D eigenvalue weighted by atomic mass is 16.5. The van der Waals surface area contributed by atoms with Gasteiger partial charge in [-0.05, 0) is 40.0 Å². The first-order chi connectivity index (χ1) is 16.5. The minimum atomic E-state index is -0.894. The third-order valence-electron chi connectivity index (χ3n) is 6.13. The molecule has 0 radical (unpaired) electrons. The molecule has 3 rings (SSSR count). The van der Waals surface area contributed by atoms with Crippen molar-refractivity contribution >= 4 is 18.0 Å². The zero-order chi connectivity index (χ0) is 25.6. The predicted molar refractivity (Wildman–Crippen MR) is 135 cm³/mol. The van der Waals surface area contributed by atoms with E-state index in [1.54, 1.807) is 6.92 Å². The van der Waals surface area contributed by atoms with Crippen LogP contribution in [0.3, 0.4) is 0 Å². The molecule has 3 N–H and O–H groups in total. The molecule has 2 atom stereocenters. The van der Waals surface area contributed by atoms with Crippen LogP contribution in [0.1, 0.15) is 64.0 Å². The van der Waals surface area contributed by atoms with Crippen molar-refractivity contribution in [3.05, 3.63) is 59.7 Å². The van der Waals surface area contributed by atoms with Gasteiger partial charge in [-0.25, -0.2) is 4.79 Å². The summed E-state index contributed by atoms with van der Waals surface area (Å²) in [6.45, 7) is 8.40. The molecule has 188 valence electrons. The minimum absolute atomic E-state index is 0.0102. The van der Waals surface area contributed by atoms with Gasteiger partial charge in [0.25, 0.3) is 0 Å². The molecule has 0 aromatic heterocycles. The van der Waals surface area contributed by atoms with Gasteiger partial charge in [-0.1, -0.05) is 76.2 Å². The monoisotopic (exact) mass is 480 g/mol. The summed E-state index contributed by atoms with van der Waals surface area (Å²) < 4.78 is 5.66. The molecule has 0 fully saturated rings. The van der Waals surface area contributed by atoms with Gasteiger partial charge >= 0.3 is 12.1 Å². The van der Waals surface area contributed by atoms with Crippen LogP contribution in [0.25, 0.3) is 11.1 Å². The molecule has 35 heavy (non-hydrogen) atoms. The Balaban J connectivity index is 1.59. The van der Waals surface area contributed by atoms with E-state index < -0.39 is 18.1 Å². The van der Waals surface area contributed by atoms with Crippen molar-refractivity contribution in [1.82, 2.24) is 10.6 Å². The third kappa shape index (κ3) is 7.57. The fraction of sp³-hybridized carbons (Fsp3) is 0.464. The van der Waals surface area contributed by atoms with E-state index in [1.807, 2.05) is 45.0 Å². The van der Waals surface area contributed by atoms with E-state index in [1.165, 1.54) is 0 Å². The number of hydrogen-bond donors (Lipinski definition) is 3. The number of rotatable bonds is 10. The molecule has 1 aliphatic carbocycles. The number of carbonyl (C=O) groups excluding carboxylic acids is 2. The van der Waals surface area contributed by atoms with E-state index in [0.717, 1.165) is 22.3 Å². The van der Waals surface area contributed by atoms with Crippen LogP contribution in [0.4, 0.5) is 4.79 Å². The van der Waals surface area contributed by atoms with Gasteiger partial charge in [0.2, 0.25) is 5.91 Å². The summed E-state index contributed by atoms with van der Waals surface area (Å²) in [5, 5.41) is 14.5. The van der Waals surface area contributed by atoms with Gasteiger partial charge in [0.15, 0.2) is 0 Å². The normalized spacial score (nSPS) is 14.4. The number of fused-ring (bicyclic) bond motifs is 3. The van der Waals surface area contributed by atoms with Crippen LogP contribution in [0.2, 0.25) is 0 Å². The van der Waals surface area contributed by atoms with Crippen LogP contribution < -0.4 is 10.6 Å². The molecular formula is C28H36N2O5. The highest BCUT2D eigenvalue weighted by Crippen LogP contribution is 2.44. The third-order valence-corrected chi connectivity index (χ3v) is 6.13. The quantitative estimate of drug-likeness (QED) is 0.446. The molecule has 1 aliphatic rings. The zero-order valence-electron chi connectivity index (χ0n) is 21.0. The van der Waals surface area contributed by atoms with E-state index in [2.05, 4.69) is 34.9 Å². The molecule has 2 aromatic carbocycles. The van der Waals surface area contributed by atoms with Crippen LogP contribution >= 0.6 is 0 Å². The smallest absolute Gasteiger partial charge is 0.407 e. The fourth-order valence-corrected chi connectivity index (χ4v) is 4.67. The van der Waals surface area contributed by atoms with Gasteiger partial charge in [-0.15, -0.1) is 0 Å². The van der Waals surface area contributed by atoms with Crippen molar-refractivity contribution in [1.29, 1.82) is 0 Å². The molecule has 0 heterocycles. The number of carboxylic acid groups (broad SMARTS) is 1. The van der Waals surface area contributed by atoms with E-state index in [4.69, 9.17) is 9.84 Å². The Hall–Kier alpha value is -3.35. The van der Waals surface area contributed by atoms with Gasteiger partial charge in [0.1, 0.15) is 6.61 Å². The number of amides is 2. The second kappa shape index (κ2) is 11.4. The second-order valence-electron chi connectivity index (χ2n) is 10.6. The summed E-state index contributed by atoms with van der Waals surface area (Å²) in [5.41, 5.74) is 4.50. The summed E-state index contributed by atoms with van der Waals surface area (Å²) in [5.74, 6) is -1.33. The van der Waals surface area contributed by atoms with Crippen molar-refractivity contribution in [3.8, 4) is 11.1 Å². The lowest BCUT2D eigenvalue weighted by Gasteiger charge is -2.26. The van der Waals surface area contributed by atoms with Crippen molar-refractivity contribution in [2.45, 2.75) is 58.9 Å². The second-order valence-corrected chi connectivity index (χ2v) is 10.6. The maximum atomic E-state index is 12.8. The summed E-state index contributed by atoms with van der Waals surface area (Å²) in [7, 11) is 0. The van der Waals surface area contributed by atoms with E-state index in [9.17, 15) is 14.4 Å². The molecule has 7 nitrogen and oxygen atoms in total. The van der Waals surface area contributed by atoms with Gasteiger partial charge in [0.05, 0.1) is 0 Å². The van der Waals surface area contributed by atoms with Gasteiger partial charge in [0, 0.05) is 31.3 Å².